The number of halogens is 1. The summed E-state index contributed by atoms with van der Waals surface area (Å²) < 4.78 is 19.7. The summed E-state index contributed by atoms with van der Waals surface area (Å²) in [6.07, 6.45) is 8.30. The Hall–Kier alpha value is -1.50. The highest BCUT2D eigenvalue weighted by molar-refractivity contribution is 6.01. The molecule has 1 N–H and O–H groups in total. The Morgan fingerprint density at radius 3 is 2.56 bits per heavy atom. The van der Waals surface area contributed by atoms with Crippen LogP contribution in [-0.2, 0) is 9.53 Å². The van der Waals surface area contributed by atoms with Crippen molar-refractivity contribution < 1.29 is 13.9 Å². The molecule has 0 amide bonds. The average Bonchev–Trinajstić information content (AvgIpc) is 3.62. The van der Waals surface area contributed by atoms with Crippen molar-refractivity contribution in [3.05, 3.63) is 30.1 Å². The van der Waals surface area contributed by atoms with Gasteiger partial charge in [0.2, 0.25) is 0 Å². The minimum absolute atomic E-state index is 0.111. The molecule has 4 unspecified atom stereocenters. The van der Waals surface area contributed by atoms with Crippen LogP contribution in [0.15, 0.2) is 24.3 Å². The van der Waals surface area contributed by atoms with Gasteiger partial charge in [0.05, 0.1) is 5.69 Å². The Kier molecular flexibility index (Phi) is 5.51. The van der Waals surface area contributed by atoms with Crippen LogP contribution >= 0.6 is 0 Å². The lowest BCUT2D eigenvalue weighted by Crippen LogP contribution is -2.47. The molecule has 2 saturated carbocycles. The molecule has 6 rings (SSSR count). The molecule has 3 saturated heterocycles. The maximum absolute atomic E-state index is 14.0. The van der Waals surface area contributed by atoms with Crippen molar-refractivity contribution in [2.45, 2.75) is 62.6 Å². The Balaban J connectivity index is 0.919. The molecule has 1 aromatic carbocycles. The number of carbonyl (C=O) groups excluding carboxylic acids is 1. The lowest BCUT2D eigenvalue weighted by Gasteiger charge is -2.37. The van der Waals surface area contributed by atoms with Crippen LogP contribution in [0.25, 0.3) is 0 Å². The summed E-state index contributed by atoms with van der Waals surface area (Å²) in [5.74, 6) is 2.39. The van der Waals surface area contributed by atoms with Crippen molar-refractivity contribution in [3.63, 3.8) is 0 Å². The van der Waals surface area contributed by atoms with E-state index in [-0.39, 0.29) is 17.5 Å². The fourth-order valence-electron chi connectivity index (χ4n) is 6.93. The van der Waals surface area contributed by atoms with E-state index in [1.165, 1.54) is 32.1 Å². The fourth-order valence-corrected chi connectivity index (χ4v) is 6.93. The van der Waals surface area contributed by atoms with Crippen molar-refractivity contribution in [1.29, 1.82) is 0 Å². The number of nitrogens with one attached hydrogen (secondary N) is 1. The molecule has 0 aromatic heterocycles. The summed E-state index contributed by atoms with van der Waals surface area (Å²) in [7, 11) is 0. The van der Waals surface area contributed by atoms with Crippen LogP contribution in [0.2, 0.25) is 0 Å². The van der Waals surface area contributed by atoms with E-state index in [9.17, 15) is 9.18 Å². The third kappa shape index (κ3) is 3.68. The van der Waals surface area contributed by atoms with Crippen LogP contribution in [-0.4, -0.2) is 67.7 Å². The number of anilines is 1. The zero-order valence-electron chi connectivity index (χ0n) is 19.0. The van der Waals surface area contributed by atoms with E-state index in [1.54, 1.807) is 12.1 Å². The van der Waals surface area contributed by atoms with Crippen LogP contribution < -0.4 is 10.2 Å². The number of piperazine rings is 1. The van der Waals surface area contributed by atoms with Gasteiger partial charge in [0.1, 0.15) is 17.5 Å². The summed E-state index contributed by atoms with van der Waals surface area (Å²) in [6, 6.07) is 7.59. The van der Waals surface area contributed by atoms with Crippen molar-refractivity contribution in [2.24, 2.45) is 17.8 Å². The van der Waals surface area contributed by atoms with Gasteiger partial charge < -0.3 is 9.64 Å². The van der Waals surface area contributed by atoms with Crippen LogP contribution in [0.3, 0.4) is 0 Å². The van der Waals surface area contributed by atoms with Crippen LogP contribution in [0, 0.1) is 23.6 Å². The lowest BCUT2D eigenvalue weighted by molar-refractivity contribution is -0.129. The third-order valence-electron chi connectivity index (χ3n) is 9.03. The second-order valence-corrected chi connectivity index (χ2v) is 10.7. The fraction of sp³-hybridized carbons (Fsp3) is 0.731. The average molecular weight is 442 g/mol. The molecule has 6 heteroatoms. The predicted octanol–water partition coefficient (Wildman–Crippen LogP) is 3.23. The van der Waals surface area contributed by atoms with Crippen LogP contribution in [0.5, 0.6) is 0 Å². The summed E-state index contributed by atoms with van der Waals surface area (Å²) in [5.41, 5.74) is 0.568. The summed E-state index contributed by atoms with van der Waals surface area (Å²) >= 11 is 0. The van der Waals surface area contributed by atoms with E-state index in [4.69, 9.17) is 4.74 Å². The van der Waals surface area contributed by atoms with E-state index in [1.807, 2.05) is 12.1 Å². The zero-order valence-corrected chi connectivity index (χ0v) is 19.0. The molecule has 2 aliphatic carbocycles. The Morgan fingerprint density at radius 1 is 1.09 bits per heavy atom. The van der Waals surface area contributed by atoms with Crippen molar-refractivity contribution >= 4 is 11.5 Å². The standard InChI is InChI=1S/C26H36FN3O2/c27-20-4-1-2-5-21(20)30-15-13-29(14-16-30)12-11-18-7-9-19(10-8-18)23-24-26(23,28-24)25(31)22-6-3-17-32-22/h1-2,4-5,18-19,22-24,28H,3,6-17H2. The molecule has 5 fully saturated rings. The smallest absolute Gasteiger partial charge is 0.183 e. The number of fused-ring (bicyclic) bond motifs is 1. The first-order valence-corrected chi connectivity index (χ1v) is 12.8. The lowest BCUT2D eigenvalue weighted by atomic mass is 9.76. The third-order valence-corrected chi connectivity index (χ3v) is 9.03. The molecule has 1 aromatic rings. The van der Waals surface area contributed by atoms with Gasteiger partial charge in [0.15, 0.2) is 5.78 Å². The largest absolute Gasteiger partial charge is 0.370 e. The van der Waals surface area contributed by atoms with Gasteiger partial charge in [-0.15, -0.1) is 0 Å². The predicted molar refractivity (Wildman–Crippen MR) is 122 cm³/mol. The normalized spacial score (nSPS) is 39.0. The maximum Gasteiger partial charge on any atom is 0.183 e. The molecule has 174 valence electrons. The van der Waals surface area contributed by atoms with Crippen molar-refractivity contribution in [3.8, 4) is 0 Å². The molecule has 5 aliphatic rings. The highest BCUT2D eigenvalue weighted by atomic mass is 19.1. The SMILES string of the molecule is O=C(C1CCCO1)C12NC1C2C1CCC(CCN2CCN(c3ccccc3F)CC2)CC1. The highest BCUT2D eigenvalue weighted by Crippen LogP contribution is 2.64. The monoisotopic (exact) mass is 441 g/mol. The van der Waals surface area contributed by atoms with Gasteiger partial charge in [0.25, 0.3) is 0 Å². The number of para-hydroxylation sites is 1. The van der Waals surface area contributed by atoms with Crippen molar-refractivity contribution in [2.75, 3.05) is 44.2 Å². The Morgan fingerprint density at radius 2 is 1.88 bits per heavy atom. The first kappa shape index (κ1) is 21.1. The van der Waals surface area contributed by atoms with Gasteiger partial charge in [-0.3, -0.25) is 15.0 Å². The van der Waals surface area contributed by atoms with Crippen LogP contribution in [0.1, 0.15) is 44.9 Å². The van der Waals surface area contributed by atoms with E-state index in [2.05, 4.69) is 15.1 Å². The number of ether oxygens (including phenoxy) is 1. The second-order valence-electron chi connectivity index (χ2n) is 10.7. The first-order valence-electron chi connectivity index (χ1n) is 12.8. The molecule has 4 atom stereocenters. The number of nitrogens with zero attached hydrogens (tertiary/aromatic N) is 2. The number of carbonyl (C=O) groups is 1. The summed E-state index contributed by atoms with van der Waals surface area (Å²) in [6.45, 7) is 5.77. The van der Waals surface area contributed by atoms with Gasteiger partial charge >= 0.3 is 0 Å². The van der Waals surface area contributed by atoms with Gasteiger partial charge in [-0.1, -0.05) is 25.0 Å². The molecular weight excluding hydrogens is 405 g/mol. The first-order chi connectivity index (χ1) is 15.7. The summed E-state index contributed by atoms with van der Waals surface area (Å²) in [4.78, 5) is 17.6. The van der Waals surface area contributed by atoms with Gasteiger partial charge in [-0.2, -0.15) is 0 Å². The maximum atomic E-state index is 14.0. The number of rotatable bonds is 7. The summed E-state index contributed by atoms with van der Waals surface area (Å²) in [5, 5.41) is 3.47. The highest BCUT2D eigenvalue weighted by Gasteiger charge is 2.84. The number of benzene rings is 1. The van der Waals surface area contributed by atoms with E-state index >= 15 is 0 Å². The minimum Gasteiger partial charge on any atom is -0.370 e. The van der Waals surface area contributed by atoms with E-state index in [0.29, 0.717) is 17.7 Å². The minimum atomic E-state index is -0.176. The van der Waals surface area contributed by atoms with Gasteiger partial charge in [0, 0.05) is 44.7 Å². The van der Waals surface area contributed by atoms with Crippen LogP contribution in [0.4, 0.5) is 10.1 Å². The number of Topliss-reactive ketones (excluding diaryl/α,β-unsaturated/α-hetero) is 1. The Bertz CT molecular complexity index is 843. The van der Waals surface area contributed by atoms with Crippen molar-refractivity contribution in [1.82, 2.24) is 10.2 Å². The van der Waals surface area contributed by atoms with E-state index in [0.717, 1.165) is 69.7 Å². The van der Waals surface area contributed by atoms with Gasteiger partial charge in [-0.05, 0) is 62.6 Å². The molecule has 5 nitrogen and oxygen atoms in total. The number of ketones is 1. The second kappa shape index (κ2) is 8.37. The van der Waals surface area contributed by atoms with E-state index < -0.39 is 0 Å². The molecule has 0 spiro atoms. The van der Waals surface area contributed by atoms with Gasteiger partial charge in [-0.25, -0.2) is 4.39 Å². The zero-order chi connectivity index (χ0) is 21.7. The topological polar surface area (TPSA) is 54.7 Å². The molecule has 3 heterocycles. The number of hydrogen-bond acceptors (Lipinski definition) is 5. The number of hydrogen-bond donors (Lipinski definition) is 1. The molecular formula is C26H36FN3O2. The molecule has 0 radical (unpaired) electrons. The quantitative estimate of drug-likeness (QED) is 0.659. The molecule has 3 aliphatic heterocycles. The Labute approximate surface area is 190 Å². The molecule has 32 heavy (non-hydrogen) atoms. The molecule has 0 bridgehead atoms.